The minimum Gasteiger partial charge on any atom is -0.480 e. The molecule has 0 saturated carbocycles. The van der Waals surface area contributed by atoms with E-state index < -0.39 is 18.0 Å². The molecule has 1 aromatic heterocycles. The Morgan fingerprint density at radius 1 is 1.39 bits per heavy atom. The minimum atomic E-state index is -1.01. The van der Waals surface area contributed by atoms with Gasteiger partial charge in [-0.25, -0.2) is 14.6 Å². The first-order chi connectivity index (χ1) is 11.1. The molecule has 2 aromatic rings. The van der Waals surface area contributed by atoms with Crippen molar-refractivity contribution in [1.82, 2.24) is 14.9 Å². The van der Waals surface area contributed by atoms with Crippen molar-refractivity contribution in [3.63, 3.8) is 0 Å². The molecule has 122 valence electrons. The Balaban J connectivity index is 1.78. The van der Waals surface area contributed by atoms with Crippen LogP contribution >= 0.6 is 11.8 Å². The zero-order chi connectivity index (χ0) is 16.4. The van der Waals surface area contributed by atoms with Crippen LogP contribution in [-0.2, 0) is 11.3 Å². The number of nitrogens with zero attached hydrogens (tertiary/aromatic N) is 3. The van der Waals surface area contributed by atoms with E-state index >= 15 is 0 Å². The molecule has 0 radical (unpaired) electrons. The van der Waals surface area contributed by atoms with Crippen molar-refractivity contribution < 1.29 is 14.7 Å². The van der Waals surface area contributed by atoms with Gasteiger partial charge in [-0.3, -0.25) is 4.90 Å². The average molecular weight is 334 g/mol. The number of carboxylic acids is 1. The first-order valence-electron chi connectivity index (χ1n) is 7.37. The van der Waals surface area contributed by atoms with Crippen LogP contribution in [0.2, 0.25) is 0 Å². The van der Waals surface area contributed by atoms with Crippen LogP contribution in [0.4, 0.5) is 10.7 Å². The molecule has 0 bridgehead atoms. The number of carbonyl (C=O) groups excluding carboxylic acids is 1. The van der Waals surface area contributed by atoms with Gasteiger partial charge in [-0.1, -0.05) is 12.1 Å². The fourth-order valence-corrected chi connectivity index (χ4v) is 3.17. The highest BCUT2D eigenvalue weighted by Crippen LogP contribution is 2.27. The third-order valence-corrected chi connectivity index (χ3v) is 4.52. The predicted octanol–water partition coefficient (Wildman–Crippen LogP) is 1.77. The Labute approximate surface area is 137 Å². The molecule has 0 fully saturated rings. The lowest BCUT2D eigenvalue weighted by Crippen LogP contribution is -2.48. The molecule has 7 nitrogen and oxygen atoms in total. The number of anilines is 1. The van der Waals surface area contributed by atoms with Gasteiger partial charge in [-0.2, -0.15) is 11.8 Å². The largest absolute Gasteiger partial charge is 0.480 e. The van der Waals surface area contributed by atoms with Crippen molar-refractivity contribution in [1.29, 1.82) is 0 Å². The van der Waals surface area contributed by atoms with Crippen molar-refractivity contribution >= 4 is 40.7 Å². The van der Waals surface area contributed by atoms with Gasteiger partial charge < -0.3 is 15.0 Å². The Morgan fingerprint density at radius 3 is 2.91 bits per heavy atom. The van der Waals surface area contributed by atoms with E-state index in [0.717, 1.165) is 11.0 Å². The SMILES string of the molecule is CSCCC(NC(=O)N1CCn2c1nc1ccccc12)C(=O)O. The number of carboxylic acid groups (broad SMARTS) is 1. The van der Waals surface area contributed by atoms with Crippen molar-refractivity contribution in [2.45, 2.75) is 19.0 Å². The zero-order valence-electron chi connectivity index (χ0n) is 12.7. The number of amides is 2. The molecule has 23 heavy (non-hydrogen) atoms. The molecular formula is C15H18N4O3S. The van der Waals surface area contributed by atoms with Gasteiger partial charge in [0.05, 0.1) is 11.0 Å². The number of aromatic nitrogens is 2. The number of para-hydroxylation sites is 2. The number of carbonyl (C=O) groups is 2. The lowest BCUT2D eigenvalue weighted by molar-refractivity contribution is -0.139. The number of hydrogen-bond donors (Lipinski definition) is 2. The number of thioether (sulfide) groups is 1. The number of urea groups is 1. The first-order valence-corrected chi connectivity index (χ1v) is 8.76. The highest BCUT2D eigenvalue weighted by molar-refractivity contribution is 7.98. The molecule has 1 atom stereocenters. The van der Waals surface area contributed by atoms with Crippen LogP contribution in [0, 0.1) is 0 Å². The maximum absolute atomic E-state index is 12.5. The van der Waals surface area contributed by atoms with Gasteiger partial charge in [-0.05, 0) is 30.6 Å². The molecule has 0 spiro atoms. The van der Waals surface area contributed by atoms with Crippen LogP contribution in [0.3, 0.4) is 0 Å². The number of benzene rings is 1. The van der Waals surface area contributed by atoms with Gasteiger partial charge in [-0.15, -0.1) is 0 Å². The molecule has 2 heterocycles. The molecule has 1 aliphatic rings. The fourth-order valence-electron chi connectivity index (χ4n) is 2.70. The molecule has 0 aliphatic carbocycles. The summed E-state index contributed by atoms with van der Waals surface area (Å²) in [5.74, 6) is 0.230. The molecule has 1 aromatic carbocycles. The number of fused-ring (bicyclic) bond motifs is 3. The van der Waals surface area contributed by atoms with E-state index in [0.29, 0.717) is 31.2 Å². The molecule has 3 rings (SSSR count). The summed E-state index contributed by atoms with van der Waals surface area (Å²) in [6, 6.07) is 6.41. The van der Waals surface area contributed by atoms with Gasteiger partial charge in [0.1, 0.15) is 6.04 Å². The summed E-state index contributed by atoms with van der Waals surface area (Å²) >= 11 is 1.55. The van der Waals surface area contributed by atoms with E-state index in [9.17, 15) is 14.7 Å². The third kappa shape index (κ3) is 2.98. The van der Waals surface area contributed by atoms with Gasteiger partial charge in [0.25, 0.3) is 0 Å². The van der Waals surface area contributed by atoms with Crippen LogP contribution in [0.15, 0.2) is 24.3 Å². The van der Waals surface area contributed by atoms with Gasteiger partial charge in [0, 0.05) is 13.1 Å². The maximum atomic E-state index is 12.5. The molecule has 1 unspecified atom stereocenters. The summed E-state index contributed by atoms with van der Waals surface area (Å²) in [5.41, 5.74) is 1.81. The van der Waals surface area contributed by atoms with Gasteiger partial charge in [0.2, 0.25) is 5.95 Å². The van der Waals surface area contributed by atoms with Crippen molar-refractivity contribution in [3.05, 3.63) is 24.3 Å². The van der Waals surface area contributed by atoms with E-state index in [2.05, 4.69) is 10.3 Å². The fraction of sp³-hybridized carbons (Fsp3) is 0.400. The molecule has 2 N–H and O–H groups in total. The van der Waals surface area contributed by atoms with E-state index in [1.165, 1.54) is 4.90 Å². The highest BCUT2D eigenvalue weighted by atomic mass is 32.2. The summed E-state index contributed by atoms with van der Waals surface area (Å²) < 4.78 is 1.98. The van der Waals surface area contributed by atoms with Crippen LogP contribution in [-0.4, -0.2) is 51.3 Å². The van der Waals surface area contributed by atoms with Crippen molar-refractivity contribution in [2.75, 3.05) is 23.5 Å². The van der Waals surface area contributed by atoms with Crippen molar-refractivity contribution in [2.24, 2.45) is 0 Å². The lowest BCUT2D eigenvalue weighted by Gasteiger charge is -2.19. The zero-order valence-corrected chi connectivity index (χ0v) is 13.5. The minimum absolute atomic E-state index is 0.395. The number of hydrogen-bond acceptors (Lipinski definition) is 4. The second-order valence-corrected chi connectivity index (χ2v) is 6.31. The number of rotatable bonds is 5. The summed E-state index contributed by atoms with van der Waals surface area (Å²) in [4.78, 5) is 29.7. The average Bonchev–Trinajstić information content (AvgIpc) is 3.09. The monoisotopic (exact) mass is 334 g/mol. The highest BCUT2D eigenvalue weighted by Gasteiger charge is 2.30. The number of nitrogens with one attached hydrogen (secondary N) is 1. The summed E-state index contributed by atoms with van der Waals surface area (Å²) in [6.07, 6.45) is 2.30. The quantitative estimate of drug-likeness (QED) is 0.870. The predicted molar refractivity (Wildman–Crippen MR) is 90.0 cm³/mol. The second-order valence-electron chi connectivity index (χ2n) is 5.33. The first kappa shape index (κ1) is 15.7. The molecule has 8 heteroatoms. The summed E-state index contributed by atoms with van der Waals surface area (Å²) in [5, 5.41) is 11.8. The summed E-state index contributed by atoms with van der Waals surface area (Å²) in [6.45, 7) is 1.15. The molecule has 0 saturated heterocycles. The molecule has 1 aliphatic heterocycles. The molecular weight excluding hydrogens is 316 g/mol. The van der Waals surface area contributed by atoms with E-state index in [1.807, 2.05) is 35.1 Å². The van der Waals surface area contributed by atoms with E-state index in [-0.39, 0.29) is 0 Å². The Hall–Kier alpha value is -2.22. The topological polar surface area (TPSA) is 87.5 Å². The Bertz CT molecular complexity index is 745. The van der Waals surface area contributed by atoms with Crippen LogP contribution < -0.4 is 10.2 Å². The Morgan fingerprint density at radius 2 is 2.17 bits per heavy atom. The number of aliphatic carboxylic acids is 1. The lowest BCUT2D eigenvalue weighted by atomic mass is 10.2. The van der Waals surface area contributed by atoms with Crippen molar-refractivity contribution in [3.8, 4) is 0 Å². The standard InChI is InChI=1S/C15H18N4O3S/c1-23-9-6-11(13(20)21)17-15(22)19-8-7-18-12-5-3-2-4-10(12)16-14(18)19/h2-5,11H,6-9H2,1H3,(H,17,22)(H,20,21). The normalized spacial score (nSPS) is 14.7. The smallest absolute Gasteiger partial charge is 0.326 e. The second kappa shape index (κ2) is 6.49. The number of imidazole rings is 1. The maximum Gasteiger partial charge on any atom is 0.326 e. The van der Waals surface area contributed by atoms with Gasteiger partial charge >= 0.3 is 12.0 Å². The summed E-state index contributed by atoms with van der Waals surface area (Å²) in [7, 11) is 0. The third-order valence-electron chi connectivity index (χ3n) is 3.87. The van der Waals surface area contributed by atoms with E-state index in [1.54, 1.807) is 11.8 Å². The molecule has 2 amide bonds. The Kier molecular flexibility index (Phi) is 4.42. The van der Waals surface area contributed by atoms with Crippen LogP contribution in [0.1, 0.15) is 6.42 Å². The van der Waals surface area contributed by atoms with Gasteiger partial charge in [0.15, 0.2) is 0 Å². The van der Waals surface area contributed by atoms with E-state index in [4.69, 9.17) is 0 Å². The van der Waals surface area contributed by atoms with Crippen LogP contribution in [0.25, 0.3) is 11.0 Å². The van der Waals surface area contributed by atoms with Crippen LogP contribution in [0.5, 0.6) is 0 Å².